The molecule has 29 heavy (non-hydrogen) atoms. The van der Waals surface area contributed by atoms with Gasteiger partial charge >= 0.3 is 6.18 Å². The van der Waals surface area contributed by atoms with Crippen LogP contribution >= 0.6 is 11.3 Å². The summed E-state index contributed by atoms with van der Waals surface area (Å²) < 4.78 is 38.2. The highest BCUT2D eigenvalue weighted by atomic mass is 32.1. The first-order chi connectivity index (χ1) is 13.8. The van der Waals surface area contributed by atoms with Crippen LogP contribution in [0.2, 0.25) is 0 Å². The summed E-state index contributed by atoms with van der Waals surface area (Å²) in [5.74, 6) is 0.900. The van der Waals surface area contributed by atoms with E-state index in [-0.39, 0.29) is 22.2 Å². The van der Waals surface area contributed by atoms with Crippen molar-refractivity contribution in [2.75, 3.05) is 37.6 Å². The van der Waals surface area contributed by atoms with Crippen LogP contribution in [0.5, 0.6) is 0 Å². The molecule has 0 aromatic carbocycles. The molecule has 1 N–H and O–H groups in total. The highest BCUT2D eigenvalue weighted by Gasteiger charge is 2.54. The zero-order valence-electron chi connectivity index (χ0n) is 15.8. The SMILES string of the molecule is O=C(C1CCCCN1)N1CC2(C1)CN(c1ncnc3sc(CC(F)(F)F)cc13)C2. The van der Waals surface area contributed by atoms with Gasteiger partial charge in [-0.2, -0.15) is 13.2 Å². The van der Waals surface area contributed by atoms with Crippen LogP contribution in [-0.4, -0.2) is 65.7 Å². The molecular formula is C19H22F3N5OS. The van der Waals surface area contributed by atoms with Crippen LogP contribution in [0.1, 0.15) is 24.1 Å². The van der Waals surface area contributed by atoms with Gasteiger partial charge in [0.05, 0.1) is 17.8 Å². The maximum atomic E-state index is 12.7. The zero-order chi connectivity index (χ0) is 20.2. The Kier molecular flexibility index (Phi) is 4.47. The van der Waals surface area contributed by atoms with Gasteiger partial charge in [-0.3, -0.25) is 4.79 Å². The average molecular weight is 425 g/mol. The molecule has 0 aliphatic carbocycles. The van der Waals surface area contributed by atoms with Crippen molar-refractivity contribution in [3.05, 3.63) is 17.3 Å². The first-order valence-corrected chi connectivity index (χ1v) is 10.7. The summed E-state index contributed by atoms with van der Waals surface area (Å²) in [5, 5.41) is 3.99. The van der Waals surface area contributed by atoms with Gasteiger partial charge in [-0.15, -0.1) is 11.3 Å². The number of anilines is 1. The number of nitrogens with zero attached hydrogens (tertiary/aromatic N) is 4. The topological polar surface area (TPSA) is 61.4 Å². The van der Waals surface area contributed by atoms with Gasteiger partial charge in [-0.25, -0.2) is 9.97 Å². The molecule has 3 fully saturated rings. The smallest absolute Gasteiger partial charge is 0.354 e. The number of nitrogens with one attached hydrogen (secondary N) is 1. The van der Waals surface area contributed by atoms with Gasteiger partial charge in [0.15, 0.2) is 0 Å². The van der Waals surface area contributed by atoms with Crippen molar-refractivity contribution in [3.63, 3.8) is 0 Å². The normalized spacial score (nSPS) is 23.9. The lowest BCUT2D eigenvalue weighted by Gasteiger charge is -2.61. The molecule has 6 nitrogen and oxygen atoms in total. The van der Waals surface area contributed by atoms with Gasteiger partial charge in [0.2, 0.25) is 5.91 Å². The number of halogens is 3. The van der Waals surface area contributed by atoms with Crippen molar-refractivity contribution in [2.45, 2.75) is 37.9 Å². The third kappa shape index (κ3) is 3.56. The predicted octanol–water partition coefficient (Wildman–Crippen LogP) is 2.59. The molecule has 0 saturated carbocycles. The average Bonchev–Trinajstić information content (AvgIpc) is 3.01. The molecule has 5 heterocycles. The fourth-order valence-electron chi connectivity index (χ4n) is 4.75. The highest BCUT2D eigenvalue weighted by Crippen LogP contribution is 2.44. The number of carbonyl (C=O) groups excluding carboxylic acids is 1. The number of amides is 1. The fourth-order valence-corrected chi connectivity index (χ4v) is 5.77. The van der Waals surface area contributed by atoms with Crippen molar-refractivity contribution < 1.29 is 18.0 Å². The third-order valence-electron chi connectivity index (χ3n) is 6.06. The molecule has 156 valence electrons. The summed E-state index contributed by atoms with van der Waals surface area (Å²) in [6.07, 6.45) is -0.623. The summed E-state index contributed by atoms with van der Waals surface area (Å²) in [6, 6.07) is 1.52. The standard InChI is InChI=1S/C19H22F3N5OS/c20-19(21,22)6-12-5-13-15(24-11-25-16(13)29-12)26-7-18(8-26)9-27(10-18)17(28)14-3-1-2-4-23-14/h5,11,14,23H,1-4,6-10H2. The van der Waals surface area contributed by atoms with E-state index in [0.29, 0.717) is 16.0 Å². The van der Waals surface area contributed by atoms with E-state index >= 15 is 0 Å². The third-order valence-corrected chi connectivity index (χ3v) is 7.10. The van der Waals surface area contributed by atoms with E-state index in [2.05, 4.69) is 20.2 Å². The summed E-state index contributed by atoms with van der Waals surface area (Å²) in [5.41, 5.74) is 0.0897. The second kappa shape index (κ2) is 6.80. The molecule has 0 bridgehead atoms. The van der Waals surface area contributed by atoms with Gasteiger partial charge in [-0.05, 0) is 25.5 Å². The zero-order valence-corrected chi connectivity index (χ0v) is 16.7. The van der Waals surface area contributed by atoms with Crippen LogP contribution in [0.25, 0.3) is 10.2 Å². The van der Waals surface area contributed by atoms with E-state index in [1.54, 1.807) is 6.07 Å². The molecule has 3 aliphatic rings. The minimum Gasteiger partial charge on any atom is -0.354 e. The molecular weight excluding hydrogens is 403 g/mol. The van der Waals surface area contributed by atoms with Gasteiger partial charge in [0.1, 0.15) is 17.0 Å². The Labute approximate surface area is 170 Å². The molecule has 1 atom stereocenters. The number of fused-ring (bicyclic) bond motifs is 1. The molecule has 3 aliphatic heterocycles. The molecule has 5 rings (SSSR count). The molecule has 10 heteroatoms. The number of likely N-dealkylation sites (tertiary alicyclic amines) is 1. The summed E-state index contributed by atoms with van der Waals surface area (Å²) in [7, 11) is 0. The maximum absolute atomic E-state index is 12.7. The number of piperidine rings is 1. The van der Waals surface area contributed by atoms with Crippen molar-refractivity contribution in [1.82, 2.24) is 20.2 Å². The molecule has 1 unspecified atom stereocenters. The van der Waals surface area contributed by atoms with Gasteiger partial charge < -0.3 is 15.1 Å². The number of rotatable bonds is 3. The number of aromatic nitrogens is 2. The lowest BCUT2D eigenvalue weighted by molar-refractivity contribution is -0.148. The first-order valence-electron chi connectivity index (χ1n) is 9.89. The second-order valence-corrected chi connectivity index (χ2v) is 9.59. The minimum absolute atomic E-state index is 0.0448. The van der Waals surface area contributed by atoms with Crippen LogP contribution in [-0.2, 0) is 11.2 Å². The largest absolute Gasteiger partial charge is 0.393 e. The van der Waals surface area contributed by atoms with Crippen LogP contribution in [0.3, 0.4) is 0 Å². The van der Waals surface area contributed by atoms with Gasteiger partial charge in [0, 0.05) is 36.5 Å². The second-order valence-electron chi connectivity index (χ2n) is 8.47. The van der Waals surface area contributed by atoms with Crippen molar-refractivity contribution >= 4 is 33.3 Å². The van der Waals surface area contributed by atoms with Crippen molar-refractivity contribution in [2.24, 2.45) is 5.41 Å². The van der Waals surface area contributed by atoms with E-state index < -0.39 is 12.6 Å². The quantitative estimate of drug-likeness (QED) is 0.819. The maximum Gasteiger partial charge on any atom is 0.393 e. The number of hydrogen-bond donors (Lipinski definition) is 1. The van der Waals surface area contributed by atoms with Crippen LogP contribution in [0, 0.1) is 5.41 Å². The van der Waals surface area contributed by atoms with Crippen LogP contribution in [0.15, 0.2) is 12.4 Å². The van der Waals surface area contributed by atoms with Crippen LogP contribution < -0.4 is 10.2 Å². The summed E-state index contributed by atoms with van der Waals surface area (Å²) in [4.78, 5) is 25.9. The Hall–Kier alpha value is -1.94. The van der Waals surface area contributed by atoms with Crippen LogP contribution in [0.4, 0.5) is 19.0 Å². The monoisotopic (exact) mass is 425 g/mol. The summed E-state index contributed by atoms with van der Waals surface area (Å²) in [6.45, 7) is 3.94. The number of alkyl halides is 3. The first kappa shape index (κ1) is 19.0. The molecule has 1 spiro atoms. The van der Waals surface area contributed by atoms with Crippen molar-refractivity contribution in [3.8, 4) is 0 Å². The van der Waals surface area contributed by atoms with Crippen molar-refractivity contribution in [1.29, 1.82) is 0 Å². The Morgan fingerprint density at radius 3 is 2.72 bits per heavy atom. The number of hydrogen-bond acceptors (Lipinski definition) is 6. The predicted molar refractivity (Wildman–Crippen MR) is 104 cm³/mol. The van der Waals surface area contributed by atoms with E-state index in [1.165, 1.54) is 6.33 Å². The van der Waals surface area contributed by atoms with Gasteiger partial charge in [0.25, 0.3) is 0 Å². The summed E-state index contributed by atoms with van der Waals surface area (Å²) >= 11 is 1.07. The lowest BCUT2D eigenvalue weighted by Crippen LogP contribution is -2.74. The molecule has 0 radical (unpaired) electrons. The van der Waals surface area contributed by atoms with E-state index in [1.807, 2.05) is 4.90 Å². The Morgan fingerprint density at radius 2 is 2.03 bits per heavy atom. The highest BCUT2D eigenvalue weighted by molar-refractivity contribution is 7.18. The molecule has 2 aromatic rings. The van der Waals surface area contributed by atoms with Gasteiger partial charge in [-0.1, -0.05) is 6.42 Å². The minimum atomic E-state index is -4.23. The lowest BCUT2D eigenvalue weighted by atomic mass is 9.72. The van der Waals surface area contributed by atoms with E-state index in [9.17, 15) is 18.0 Å². The Balaban J connectivity index is 1.23. The Bertz CT molecular complexity index is 926. The number of carbonyl (C=O) groups is 1. The molecule has 3 saturated heterocycles. The molecule has 2 aromatic heterocycles. The van der Waals surface area contributed by atoms with E-state index in [4.69, 9.17) is 0 Å². The number of thiophene rings is 1. The van der Waals surface area contributed by atoms with E-state index in [0.717, 1.165) is 63.3 Å². The molecule has 1 amide bonds. The fraction of sp³-hybridized carbons (Fsp3) is 0.632. The Morgan fingerprint density at radius 1 is 1.24 bits per heavy atom.